The van der Waals surface area contributed by atoms with Crippen LogP contribution in [0.15, 0.2) is 54.6 Å². The summed E-state index contributed by atoms with van der Waals surface area (Å²) < 4.78 is 15.4. The quantitative estimate of drug-likeness (QED) is 0.656. The number of benzene rings is 2. The molecular weight excluding hydrogens is 343 g/mol. The topological polar surface area (TPSA) is 54.3 Å². The largest absolute Gasteiger partial charge is 0.478 e. The summed E-state index contributed by atoms with van der Waals surface area (Å²) in [6, 6.07) is 16.4. The molecule has 2 aromatic carbocycles. The normalized spacial score (nSPS) is 10.9. The van der Waals surface area contributed by atoms with Gasteiger partial charge in [0.2, 0.25) is 0 Å². The first-order valence-electron chi connectivity index (χ1n) is 8.88. The maximum atomic E-state index is 13.5. The Hall–Kier alpha value is -2.92. The lowest BCUT2D eigenvalue weighted by Crippen LogP contribution is -2.15. The molecule has 3 aromatic rings. The Balaban J connectivity index is 1.85. The van der Waals surface area contributed by atoms with E-state index in [0.29, 0.717) is 30.9 Å². The van der Waals surface area contributed by atoms with Crippen molar-refractivity contribution in [2.75, 3.05) is 0 Å². The van der Waals surface area contributed by atoms with Crippen molar-refractivity contribution >= 4 is 5.97 Å². The first kappa shape index (κ1) is 18.9. The van der Waals surface area contributed by atoms with Gasteiger partial charge in [0, 0.05) is 36.6 Å². The molecule has 0 aliphatic heterocycles. The van der Waals surface area contributed by atoms with E-state index < -0.39 is 5.97 Å². The van der Waals surface area contributed by atoms with Gasteiger partial charge in [-0.05, 0) is 37.1 Å². The predicted molar refractivity (Wildman–Crippen MR) is 103 cm³/mol. The minimum absolute atomic E-state index is 0.293. The van der Waals surface area contributed by atoms with Crippen LogP contribution in [0.1, 0.15) is 38.4 Å². The van der Waals surface area contributed by atoms with Gasteiger partial charge in [0.05, 0.1) is 5.56 Å². The summed E-state index contributed by atoms with van der Waals surface area (Å²) in [6.45, 7) is 5.27. The first-order chi connectivity index (χ1) is 13.0. The molecule has 1 aromatic heterocycles. The molecule has 0 aliphatic carbocycles. The number of aromatic carboxylic acids is 1. The lowest BCUT2D eigenvalue weighted by molar-refractivity contribution is 0.0694. The maximum absolute atomic E-state index is 13.5. The van der Waals surface area contributed by atoms with E-state index in [4.69, 9.17) is 0 Å². The van der Waals surface area contributed by atoms with Crippen LogP contribution in [-0.2, 0) is 19.6 Å². The van der Waals surface area contributed by atoms with E-state index in [0.717, 1.165) is 22.4 Å². The molecule has 0 unspecified atom stereocenters. The molecule has 0 amide bonds. The van der Waals surface area contributed by atoms with Crippen molar-refractivity contribution in [2.24, 2.45) is 0 Å². The number of carboxylic acids is 1. The standard InChI is InChI=1S/C22H23FN2O2/c1-15-20(13-24-12-17-7-4-3-5-8-17)21(22(26)27)16(2)25(15)14-18-9-6-10-19(23)11-18/h3-11,24H,12-14H2,1-2H3,(H,26,27). The summed E-state index contributed by atoms with van der Waals surface area (Å²) in [5, 5.41) is 13.0. The number of hydrogen-bond donors (Lipinski definition) is 2. The fraction of sp³-hybridized carbons (Fsp3) is 0.227. The highest BCUT2D eigenvalue weighted by atomic mass is 19.1. The fourth-order valence-electron chi connectivity index (χ4n) is 3.43. The van der Waals surface area contributed by atoms with Gasteiger partial charge in [0.25, 0.3) is 0 Å². The molecule has 3 rings (SSSR count). The van der Waals surface area contributed by atoms with Crippen molar-refractivity contribution in [1.82, 2.24) is 9.88 Å². The van der Waals surface area contributed by atoms with Crippen molar-refractivity contribution < 1.29 is 14.3 Å². The number of carboxylic acid groups (broad SMARTS) is 1. The van der Waals surface area contributed by atoms with Gasteiger partial charge in [0.1, 0.15) is 5.82 Å². The van der Waals surface area contributed by atoms with Crippen LogP contribution < -0.4 is 5.32 Å². The molecule has 27 heavy (non-hydrogen) atoms. The Kier molecular flexibility index (Phi) is 5.72. The summed E-state index contributed by atoms with van der Waals surface area (Å²) in [6.07, 6.45) is 0. The average Bonchev–Trinajstić information content (AvgIpc) is 2.87. The number of halogens is 1. The third kappa shape index (κ3) is 4.26. The Labute approximate surface area is 158 Å². The second kappa shape index (κ2) is 8.18. The van der Waals surface area contributed by atoms with E-state index in [1.807, 2.05) is 47.9 Å². The van der Waals surface area contributed by atoms with Gasteiger partial charge >= 0.3 is 5.97 Å². The van der Waals surface area contributed by atoms with Crippen LogP contribution in [0.2, 0.25) is 0 Å². The Bertz CT molecular complexity index is 948. The average molecular weight is 366 g/mol. The number of nitrogens with one attached hydrogen (secondary N) is 1. The summed E-state index contributed by atoms with van der Waals surface area (Å²) in [5.41, 5.74) is 4.60. The fourth-order valence-corrected chi connectivity index (χ4v) is 3.43. The van der Waals surface area contributed by atoms with Gasteiger partial charge in [0.15, 0.2) is 0 Å². The van der Waals surface area contributed by atoms with Crippen molar-refractivity contribution in [3.63, 3.8) is 0 Å². The summed E-state index contributed by atoms with van der Waals surface area (Å²) >= 11 is 0. The van der Waals surface area contributed by atoms with Gasteiger partial charge in [-0.15, -0.1) is 0 Å². The zero-order valence-corrected chi connectivity index (χ0v) is 15.5. The monoisotopic (exact) mass is 366 g/mol. The SMILES string of the molecule is Cc1c(CNCc2ccccc2)c(C(=O)O)c(C)n1Cc1cccc(F)c1. The Morgan fingerprint density at radius 1 is 1.00 bits per heavy atom. The third-order valence-electron chi connectivity index (χ3n) is 4.83. The van der Waals surface area contributed by atoms with E-state index in [9.17, 15) is 14.3 Å². The smallest absolute Gasteiger partial charge is 0.337 e. The molecule has 0 atom stereocenters. The zero-order valence-electron chi connectivity index (χ0n) is 15.5. The van der Waals surface area contributed by atoms with E-state index in [-0.39, 0.29) is 5.82 Å². The minimum atomic E-state index is -0.940. The molecule has 1 heterocycles. The number of aromatic nitrogens is 1. The Morgan fingerprint density at radius 3 is 2.37 bits per heavy atom. The van der Waals surface area contributed by atoms with Crippen molar-refractivity contribution in [1.29, 1.82) is 0 Å². The van der Waals surface area contributed by atoms with Crippen LogP contribution in [0.4, 0.5) is 4.39 Å². The van der Waals surface area contributed by atoms with Gasteiger partial charge < -0.3 is 15.0 Å². The van der Waals surface area contributed by atoms with E-state index in [1.54, 1.807) is 13.0 Å². The molecule has 0 saturated heterocycles. The maximum Gasteiger partial charge on any atom is 0.337 e. The van der Waals surface area contributed by atoms with Gasteiger partial charge in [-0.25, -0.2) is 9.18 Å². The lowest BCUT2D eigenvalue weighted by atomic mass is 10.1. The van der Waals surface area contributed by atoms with Crippen LogP contribution in [0, 0.1) is 19.7 Å². The van der Waals surface area contributed by atoms with Crippen LogP contribution >= 0.6 is 0 Å². The molecule has 0 saturated carbocycles. The van der Waals surface area contributed by atoms with Crippen molar-refractivity contribution in [2.45, 2.75) is 33.5 Å². The number of nitrogens with zero attached hydrogens (tertiary/aromatic N) is 1. The Morgan fingerprint density at radius 2 is 1.70 bits per heavy atom. The molecule has 140 valence electrons. The van der Waals surface area contributed by atoms with Gasteiger partial charge in [-0.2, -0.15) is 0 Å². The van der Waals surface area contributed by atoms with Crippen LogP contribution in [0.25, 0.3) is 0 Å². The van der Waals surface area contributed by atoms with E-state index in [2.05, 4.69) is 5.32 Å². The lowest BCUT2D eigenvalue weighted by Gasteiger charge is -2.10. The molecule has 5 heteroatoms. The molecule has 2 N–H and O–H groups in total. The van der Waals surface area contributed by atoms with E-state index >= 15 is 0 Å². The predicted octanol–water partition coefficient (Wildman–Crippen LogP) is 4.28. The van der Waals surface area contributed by atoms with Gasteiger partial charge in [-0.1, -0.05) is 42.5 Å². The van der Waals surface area contributed by atoms with Crippen molar-refractivity contribution in [3.8, 4) is 0 Å². The zero-order chi connectivity index (χ0) is 19.4. The highest BCUT2D eigenvalue weighted by Gasteiger charge is 2.22. The molecule has 0 spiro atoms. The van der Waals surface area contributed by atoms with Gasteiger partial charge in [-0.3, -0.25) is 0 Å². The molecule has 0 fully saturated rings. The number of carbonyl (C=O) groups is 1. The van der Waals surface area contributed by atoms with E-state index in [1.165, 1.54) is 12.1 Å². The van der Waals surface area contributed by atoms with Crippen LogP contribution in [0.3, 0.4) is 0 Å². The number of rotatable bonds is 7. The summed E-state index contributed by atoms with van der Waals surface area (Å²) in [7, 11) is 0. The highest BCUT2D eigenvalue weighted by molar-refractivity contribution is 5.91. The minimum Gasteiger partial charge on any atom is -0.478 e. The summed E-state index contributed by atoms with van der Waals surface area (Å²) in [4.78, 5) is 11.8. The number of hydrogen-bond acceptors (Lipinski definition) is 2. The molecule has 0 bridgehead atoms. The van der Waals surface area contributed by atoms with Crippen molar-refractivity contribution in [3.05, 3.63) is 94.1 Å². The molecule has 4 nitrogen and oxygen atoms in total. The second-order valence-corrected chi connectivity index (χ2v) is 6.63. The molecule has 0 aliphatic rings. The first-order valence-corrected chi connectivity index (χ1v) is 8.88. The summed E-state index contributed by atoms with van der Waals surface area (Å²) in [5.74, 6) is -1.23. The molecular formula is C22H23FN2O2. The van der Waals surface area contributed by atoms with Crippen LogP contribution in [-0.4, -0.2) is 15.6 Å². The third-order valence-corrected chi connectivity index (χ3v) is 4.83. The highest BCUT2D eigenvalue weighted by Crippen LogP contribution is 2.24. The van der Waals surface area contributed by atoms with Crippen LogP contribution in [0.5, 0.6) is 0 Å². The second-order valence-electron chi connectivity index (χ2n) is 6.63. The molecule has 0 radical (unpaired) electrons.